The van der Waals surface area contributed by atoms with Gasteiger partial charge in [0.25, 0.3) is 10.0 Å². The van der Waals surface area contributed by atoms with Gasteiger partial charge in [0.05, 0.1) is 33.2 Å². The molecule has 0 aromatic heterocycles. The fourth-order valence-electron chi connectivity index (χ4n) is 1.96. The molecule has 0 aliphatic carbocycles. The number of rotatable bonds is 5. The summed E-state index contributed by atoms with van der Waals surface area (Å²) in [7, 11) is -8.08. The lowest BCUT2D eigenvalue weighted by atomic mass is 10.2. The Kier molecular flexibility index (Phi) is 5.91. The first-order valence-corrected chi connectivity index (χ1v) is 11.0. The van der Waals surface area contributed by atoms with E-state index < -0.39 is 41.7 Å². The first-order valence-electron chi connectivity index (χ1n) is 6.86. The van der Waals surface area contributed by atoms with E-state index in [9.17, 15) is 30.0 Å². The summed E-state index contributed by atoms with van der Waals surface area (Å²) in [6, 6.07) is 5.35. The molecule has 0 radical (unpaired) electrons. The van der Waals surface area contributed by atoms with Crippen molar-refractivity contribution in [3.63, 3.8) is 0 Å². The van der Waals surface area contributed by atoms with E-state index in [1.54, 1.807) is 0 Å². The second kappa shape index (κ2) is 7.38. The molecule has 2 aromatic carbocycles. The number of alkyl halides is 3. The summed E-state index contributed by atoms with van der Waals surface area (Å²) < 4.78 is 89.9. The fraction of sp³-hybridized carbons (Fsp3) is 0.143. The molecule has 0 fully saturated rings. The molecule has 0 saturated carbocycles. The molecule has 0 spiro atoms. The first kappa shape index (κ1) is 21.6. The molecule has 0 unspecified atom stereocenters. The highest BCUT2D eigenvalue weighted by molar-refractivity contribution is 7.93. The van der Waals surface area contributed by atoms with Crippen LogP contribution in [0.1, 0.15) is 5.56 Å². The van der Waals surface area contributed by atoms with E-state index >= 15 is 0 Å². The second-order valence-electron chi connectivity index (χ2n) is 5.32. The smallest absolute Gasteiger partial charge is 0.282 e. The molecule has 148 valence electrons. The van der Waals surface area contributed by atoms with Gasteiger partial charge in [0.15, 0.2) is 0 Å². The topological polar surface area (TPSA) is 92.3 Å². The molecule has 0 heterocycles. The van der Waals surface area contributed by atoms with Gasteiger partial charge in [0.1, 0.15) is 4.90 Å². The molecule has 27 heavy (non-hydrogen) atoms. The third-order valence-corrected chi connectivity index (χ3v) is 5.83. The number of halogens is 5. The highest BCUT2D eigenvalue weighted by Gasteiger charge is 2.32. The Morgan fingerprint density at radius 2 is 1.52 bits per heavy atom. The van der Waals surface area contributed by atoms with Crippen LogP contribution in [0.25, 0.3) is 0 Å². The van der Waals surface area contributed by atoms with E-state index in [4.69, 9.17) is 23.2 Å². The van der Waals surface area contributed by atoms with Crippen LogP contribution in [0.3, 0.4) is 0 Å². The molecule has 2 N–H and O–H groups in total. The molecule has 0 aliphatic rings. The van der Waals surface area contributed by atoms with E-state index in [-0.39, 0.29) is 16.4 Å². The van der Waals surface area contributed by atoms with Gasteiger partial charge in [-0.1, -0.05) is 23.2 Å². The van der Waals surface area contributed by atoms with Crippen LogP contribution in [0, 0.1) is 0 Å². The van der Waals surface area contributed by atoms with Crippen LogP contribution in [0.5, 0.6) is 0 Å². The molecular formula is C14H11Cl2F3N2O4S2. The molecule has 0 aliphatic heterocycles. The number of hydrogen-bond acceptors (Lipinski definition) is 4. The maximum Gasteiger partial charge on any atom is 0.416 e. The molecule has 0 bridgehead atoms. The van der Waals surface area contributed by atoms with Crippen LogP contribution in [-0.4, -0.2) is 23.1 Å². The van der Waals surface area contributed by atoms with Crippen molar-refractivity contribution in [3.8, 4) is 0 Å². The number of sulfonamides is 2. The lowest BCUT2D eigenvalue weighted by molar-refractivity contribution is -0.137. The van der Waals surface area contributed by atoms with E-state index in [1.807, 2.05) is 4.72 Å². The summed E-state index contributed by atoms with van der Waals surface area (Å²) in [5.41, 5.74) is -1.29. The second-order valence-corrected chi connectivity index (χ2v) is 9.53. The Hall–Kier alpha value is -1.69. The van der Waals surface area contributed by atoms with Crippen molar-refractivity contribution in [3.05, 3.63) is 52.0 Å². The SMILES string of the molecule is CS(=O)(=O)Nc1ccc(NS(=O)(=O)c2cc(C(F)(F)F)ccc2Cl)cc1Cl. The summed E-state index contributed by atoms with van der Waals surface area (Å²) in [5, 5.41) is -0.535. The Morgan fingerprint density at radius 3 is 2.04 bits per heavy atom. The Morgan fingerprint density at radius 1 is 0.889 bits per heavy atom. The van der Waals surface area contributed by atoms with Gasteiger partial charge < -0.3 is 0 Å². The number of anilines is 2. The van der Waals surface area contributed by atoms with Crippen LogP contribution in [-0.2, 0) is 26.2 Å². The highest BCUT2D eigenvalue weighted by atomic mass is 35.5. The number of hydrogen-bond donors (Lipinski definition) is 2. The van der Waals surface area contributed by atoms with Gasteiger partial charge in [0.2, 0.25) is 10.0 Å². The molecule has 0 atom stereocenters. The molecular weight excluding hydrogens is 452 g/mol. The summed E-state index contributed by atoms with van der Waals surface area (Å²) in [6.07, 6.45) is -3.85. The molecule has 2 rings (SSSR count). The van der Waals surface area contributed by atoms with Crippen molar-refractivity contribution in [2.45, 2.75) is 11.1 Å². The van der Waals surface area contributed by atoms with E-state index in [1.165, 1.54) is 12.1 Å². The number of benzene rings is 2. The van der Waals surface area contributed by atoms with Gasteiger partial charge >= 0.3 is 6.18 Å². The van der Waals surface area contributed by atoms with Crippen LogP contribution >= 0.6 is 23.2 Å². The van der Waals surface area contributed by atoms with Gasteiger partial charge in [-0.3, -0.25) is 9.44 Å². The summed E-state index contributed by atoms with van der Waals surface area (Å²) >= 11 is 11.6. The minimum absolute atomic E-state index is 0.000726. The Balaban J connectivity index is 2.38. The monoisotopic (exact) mass is 462 g/mol. The minimum Gasteiger partial charge on any atom is -0.282 e. The predicted molar refractivity (Wildman–Crippen MR) is 97.2 cm³/mol. The van der Waals surface area contributed by atoms with E-state index in [0.717, 1.165) is 18.4 Å². The summed E-state index contributed by atoms with van der Waals surface area (Å²) in [5.74, 6) is 0. The van der Waals surface area contributed by atoms with Gasteiger partial charge in [-0.15, -0.1) is 0 Å². The lowest BCUT2D eigenvalue weighted by Crippen LogP contribution is -2.15. The van der Waals surface area contributed by atoms with Crippen LogP contribution in [0.2, 0.25) is 10.0 Å². The third kappa shape index (κ3) is 5.64. The number of nitrogens with one attached hydrogen (secondary N) is 2. The first-order chi connectivity index (χ1) is 12.2. The van der Waals surface area contributed by atoms with Gasteiger partial charge in [-0.05, 0) is 36.4 Å². The molecule has 6 nitrogen and oxygen atoms in total. The van der Waals surface area contributed by atoms with E-state index in [2.05, 4.69) is 4.72 Å². The van der Waals surface area contributed by atoms with E-state index in [0.29, 0.717) is 12.1 Å². The zero-order valence-corrected chi connectivity index (χ0v) is 16.4. The summed E-state index contributed by atoms with van der Waals surface area (Å²) in [6.45, 7) is 0. The standard InChI is InChI=1S/C14H11Cl2F3N2O4S2/c1-26(22,23)21-12-5-3-9(7-11(12)16)20-27(24,25)13-6-8(14(17,18)19)2-4-10(13)15/h2-7,20-21H,1H3. The molecule has 0 amide bonds. The lowest BCUT2D eigenvalue weighted by Gasteiger charge is -2.13. The minimum atomic E-state index is -4.75. The maximum atomic E-state index is 12.8. The third-order valence-electron chi connectivity index (χ3n) is 3.06. The fourth-order valence-corrected chi connectivity index (χ4v) is 4.39. The normalized spacial score (nSPS) is 12.7. The van der Waals surface area contributed by atoms with Gasteiger partial charge in [-0.25, -0.2) is 16.8 Å². The zero-order chi connectivity index (χ0) is 20.6. The van der Waals surface area contributed by atoms with Crippen LogP contribution in [0.15, 0.2) is 41.3 Å². The van der Waals surface area contributed by atoms with Crippen molar-refractivity contribution in [1.82, 2.24) is 0 Å². The molecule has 2 aromatic rings. The zero-order valence-electron chi connectivity index (χ0n) is 13.3. The highest BCUT2D eigenvalue weighted by Crippen LogP contribution is 2.34. The largest absolute Gasteiger partial charge is 0.416 e. The van der Waals surface area contributed by atoms with Crippen LogP contribution in [0.4, 0.5) is 24.5 Å². The maximum absolute atomic E-state index is 12.8. The average molecular weight is 463 g/mol. The predicted octanol–water partition coefficient (Wildman–Crippen LogP) is 4.18. The van der Waals surface area contributed by atoms with Crippen molar-refractivity contribution in [2.75, 3.05) is 15.7 Å². The quantitative estimate of drug-likeness (QED) is 0.696. The Labute approximate surface area is 163 Å². The van der Waals surface area contributed by atoms with Crippen molar-refractivity contribution < 1.29 is 30.0 Å². The molecule has 0 saturated heterocycles. The Bertz CT molecular complexity index is 1090. The summed E-state index contributed by atoms with van der Waals surface area (Å²) in [4.78, 5) is -0.770. The average Bonchev–Trinajstić information content (AvgIpc) is 2.47. The van der Waals surface area contributed by atoms with Gasteiger partial charge in [-0.2, -0.15) is 13.2 Å². The van der Waals surface area contributed by atoms with Gasteiger partial charge in [0, 0.05) is 0 Å². The van der Waals surface area contributed by atoms with Crippen molar-refractivity contribution >= 4 is 54.6 Å². The van der Waals surface area contributed by atoms with Crippen LogP contribution < -0.4 is 9.44 Å². The van der Waals surface area contributed by atoms with Crippen molar-refractivity contribution in [2.24, 2.45) is 0 Å². The molecule has 13 heteroatoms. The van der Waals surface area contributed by atoms with Crippen molar-refractivity contribution in [1.29, 1.82) is 0 Å².